The van der Waals surface area contributed by atoms with Gasteiger partial charge in [0.25, 0.3) is 11.8 Å². The lowest BCUT2D eigenvalue weighted by Crippen LogP contribution is -2.41. The zero-order chi connectivity index (χ0) is 17.4. The highest BCUT2D eigenvalue weighted by Crippen LogP contribution is 2.37. The number of carbonyl (C=O) groups is 2. The molecule has 1 aromatic carbocycles. The number of para-hydroxylation sites is 1. The Labute approximate surface area is 142 Å². The van der Waals surface area contributed by atoms with Crippen LogP contribution in [0, 0.1) is 11.8 Å². The quantitative estimate of drug-likeness (QED) is 0.800. The van der Waals surface area contributed by atoms with Gasteiger partial charge in [0.15, 0.2) is 0 Å². The van der Waals surface area contributed by atoms with E-state index in [4.69, 9.17) is 4.74 Å². The lowest BCUT2D eigenvalue weighted by molar-refractivity contribution is -0.136. The molecule has 128 valence electrons. The fourth-order valence-corrected chi connectivity index (χ4v) is 3.86. The number of nitrogens with zero attached hydrogens (tertiary/aromatic N) is 2. The number of benzene rings is 1. The van der Waals surface area contributed by atoms with Crippen molar-refractivity contribution >= 4 is 17.4 Å². The van der Waals surface area contributed by atoms with Crippen molar-refractivity contribution in [2.24, 2.45) is 11.8 Å². The number of hydrogen-bond acceptors (Lipinski definition) is 4. The Morgan fingerprint density at radius 2 is 1.67 bits per heavy atom. The second kappa shape index (κ2) is 6.30. The second-order valence-corrected chi connectivity index (χ2v) is 6.94. The van der Waals surface area contributed by atoms with E-state index in [0.717, 1.165) is 19.5 Å². The summed E-state index contributed by atoms with van der Waals surface area (Å²) in [4.78, 5) is 28.8. The van der Waals surface area contributed by atoms with Gasteiger partial charge < -0.3 is 9.64 Å². The van der Waals surface area contributed by atoms with Crippen molar-refractivity contribution in [3.8, 4) is 5.75 Å². The Kier molecular flexibility index (Phi) is 4.35. The van der Waals surface area contributed by atoms with Crippen molar-refractivity contribution in [3.63, 3.8) is 0 Å². The predicted octanol–water partition coefficient (Wildman–Crippen LogP) is 2.38. The van der Waals surface area contributed by atoms with E-state index in [9.17, 15) is 9.59 Å². The fourth-order valence-electron chi connectivity index (χ4n) is 3.86. The summed E-state index contributed by atoms with van der Waals surface area (Å²) in [6.45, 7) is 5.98. The number of amides is 2. The molecule has 2 atom stereocenters. The number of carbonyl (C=O) groups excluding carboxylic acids is 2. The molecule has 2 amide bonds. The summed E-state index contributed by atoms with van der Waals surface area (Å²) in [6, 6.07) is 7.38. The van der Waals surface area contributed by atoms with E-state index < -0.39 is 0 Å². The van der Waals surface area contributed by atoms with Crippen molar-refractivity contribution in [1.82, 2.24) is 9.80 Å². The maximum Gasteiger partial charge on any atom is 0.277 e. The fraction of sp³-hybridized carbons (Fsp3) is 0.474. The van der Waals surface area contributed by atoms with Crippen LogP contribution in [0.1, 0.15) is 25.8 Å². The maximum atomic E-state index is 12.8. The maximum absolute atomic E-state index is 12.8. The lowest BCUT2D eigenvalue weighted by atomic mass is 9.91. The van der Waals surface area contributed by atoms with Gasteiger partial charge in [0, 0.05) is 25.7 Å². The lowest BCUT2D eigenvalue weighted by Gasteiger charge is -2.37. The van der Waals surface area contributed by atoms with Crippen LogP contribution in [0.3, 0.4) is 0 Å². The summed E-state index contributed by atoms with van der Waals surface area (Å²) in [5.41, 5.74) is 1.66. The topological polar surface area (TPSA) is 49.9 Å². The molecule has 0 aliphatic carbocycles. The van der Waals surface area contributed by atoms with E-state index >= 15 is 0 Å². The van der Waals surface area contributed by atoms with Crippen molar-refractivity contribution in [1.29, 1.82) is 0 Å². The Morgan fingerprint density at radius 3 is 2.29 bits per heavy atom. The molecular weight excluding hydrogens is 304 g/mol. The van der Waals surface area contributed by atoms with Crippen molar-refractivity contribution in [3.05, 3.63) is 35.5 Å². The zero-order valence-electron chi connectivity index (χ0n) is 14.7. The predicted molar refractivity (Wildman–Crippen MR) is 92.2 cm³/mol. The number of ether oxygens (including phenoxy) is 1. The number of likely N-dealkylation sites (N-methyl/N-ethyl adjacent to an activating group) is 1. The molecule has 3 rings (SSSR count). The Morgan fingerprint density at radius 1 is 1.04 bits per heavy atom. The summed E-state index contributed by atoms with van der Waals surface area (Å²) in [5, 5.41) is 0. The molecule has 1 aromatic rings. The Balaban J connectivity index is 2.14. The first kappa shape index (κ1) is 16.6. The number of rotatable bonds is 3. The summed E-state index contributed by atoms with van der Waals surface area (Å²) in [6.07, 6.45) is 1.14. The monoisotopic (exact) mass is 328 g/mol. The van der Waals surface area contributed by atoms with Crippen LogP contribution >= 0.6 is 0 Å². The summed E-state index contributed by atoms with van der Waals surface area (Å²) in [5.74, 6) is 1.12. The van der Waals surface area contributed by atoms with Crippen LogP contribution in [0.5, 0.6) is 5.75 Å². The molecule has 24 heavy (non-hydrogen) atoms. The molecule has 2 aliphatic heterocycles. The van der Waals surface area contributed by atoms with Gasteiger partial charge >= 0.3 is 0 Å². The molecule has 0 bridgehead atoms. The summed E-state index contributed by atoms with van der Waals surface area (Å²) < 4.78 is 5.42. The van der Waals surface area contributed by atoms with Gasteiger partial charge in [0.05, 0.1) is 12.7 Å². The number of imide groups is 1. The molecule has 0 radical (unpaired) electrons. The van der Waals surface area contributed by atoms with Gasteiger partial charge in [-0.05, 0) is 24.3 Å². The van der Waals surface area contributed by atoms with Crippen LogP contribution in [0.15, 0.2) is 30.0 Å². The molecule has 2 unspecified atom stereocenters. The zero-order valence-corrected chi connectivity index (χ0v) is 14.7. The van der Waals surface area contributed by atoms with Crippen LogP contribution in [0.25, 0.3) is 5.57 Å². The van der Waals surface area contributed by atoms with Crippen molar-refractivity contribution in [2.75, 3.05) is 27.2 Å². The number of hydrogen-bond donors (Lipinski definition) is 0. The molecule has 5 nitrogen and oxygen atoms in total. The van der Waals surface area contributed by atoms with Gasteiger partial charge in [-0.2, -0.15) is 0 Å². The molecule has 1 saturated heterocycles. The van der Waals surface area contributed by atoms with E-state index in [1.54, 1.807) is 14.2 Å². The van der Waals surface area contributed by atoms with Crippen LogP contribution in [-0.4, -0.2) is 48.9 Å². The van der Waals surface area contributed by atoms with Gasteiger partial charge in [0.2, 0.25) is 0 Å². The highest BCUT2D eigenvalue weighted by Gasteiger charge is 2.41. The highest BCUT2D eigenvalue weighted by molar-refractivity contribution is 6.35. The molecule has 1 fully saturated rings. The molecule has 0 saturated carbocycles. The average molecular weight is 328 g/mol. The molecule has 0 spiro atoms. The van der Waals surface area contributed by atoms with Crippen LogP contribution in [0.2, 0.25) is 0 Å². The molecule has 5 heteroatoms. The largest absolute Gasteiger partial charge is 0.496 e. The van der Waals surface area contributed by atoms with Crippen LogP contribution in [-0.2, 0) is 9.59 Å². The van der Waals surface area contributed by atoms with Gasteiger partial charge in [-0.15, -0.1) is 0 Å². The van der Waals surface area contributed by atoms with Crippen molar-refractivity contribution < 1.29 is 14.3 Å². The third kappa shape index (κ3) is 2.68. The molecule has 0 aromatic heterocycles. The average Bonchev–Trinajstić information content (AvgIpc) is 2.78. The minimum Gasteiger partial charge on any atom is -0.496 e. The minimum atomic E-state index is -0.259. The van der Waals surface area contributed by atoms with E-state index in [1.165, 1.54) is 4.90 Å². The molecular formula is C19H24N2O3. The number of methoxy groups -OCH3 is 1. The SMILES string of the molecule is COc1ccccc1C1=C(N2CC(C)CC(C)C2)C(=O)N(C)C1=O. The van der Waals surface area contributed by atoms with Gasteiger partial charge in [-0.25, -0.2) is 0 Å². The third-order valence-corrected chi connectivity index (χ3v) is 4.82. The van der Waals surface area contributed by atoms with E-state index in [2.05, 4.69) is 18.7 Å². The minimum absolute atomic E-state index is 0.220. The van der Waals surface area contributed by atoms with Gasteiger partial charge in [0.1, 0.15) is 11.4 Å². The normalized spacial score (nSPS) is 24.8. The third-order valence-electron chi connectivity index (χ3n) is 4.82. The first-order valence-corrected chi connectivity index (χ1v) is 8.39. The summed E-state index contributed by atoms with van der Waals surface area (Å²) in [7, 11) is 3.12. The van der Waals surface area contributed by atoms with Gasteiger partial charge in [-0.3, -0.25) is 14.5 Å². The van der Waals surface area contributed by atoms with Crippen LogP contribution in [0.4, 0.5) is 0 Å². The molecule has 2 aliphatic rings. The summed E-state index contributed by atoms with van der Waals surface area (Å²) >= 11 is 0. The smallest absolute Gasteiger partial charge is 0.277 e. The molecule has 2 heterocycles. The van der Waals surface area contributed by atoms with E-state index in [0.29, 0.717) is 34.4 Å². The number of likely N-dealkylation sites (tertiary alicyclic amines) is 1. The Bertz CT molecular complexity index is 700. The first-order chi connectivity index (χ1) is 11.4. The first-order valence-electron chi connectivity index (χ1n) is 8.39. The highest BCUT2D eigenvalue weighted by atomic mass is 16.5. The Hall–Kier alpha value is -2.30. The van der Waals surface area contributed by atoms with Crippen LogP contribution < -0.4 is 4.74 Å². The van der Waals surface area contributed by atoms with Gasteiger partial charge in [-0.1, -0.05) is 32.0 Å². The van der Waals surface area contributed by atoms with Crippen molar-refractivity contribution in [2.45, 2.75) is 20.3 Å². The molecule has 0 N–H and O–H groups in total. The van der Waals surface area contributed by atoms with E-state index in [1.807, 2.05) is 24.3 Å². The second-order valence-electron chi connectivity index (χ2n) is 6.94. The number of piperidine rings is 1. The van der Waals surface area contributed by atoms with E-state index in [-0.39, 0.29) is 11.8 Å². The standard InChI is InChI=1S/C19H24N2O3/c1-12-9-13(2)11-21(10-12)17-16(18(22)20(3)19(17)23)14-7-5-6-8-15(14)24-4/h5-8,12-13H,9-11H2,1-4H3.